The van der Waals surface area contributed by atoms with E-state index in [1.165, 1.54) is 27.8 Å². The van der Waals surface area contributed by atoms with Gasteiger partial charge in [-0.3, -0.25) is 0 Å². The Morgan fingerprint density at radius 1 is 1.50 bits per heavy atom. The molecular formula is C11H18N2S3. The van der Waals surface area contributed by atoms with Crippen molar-refractivity contribution >= 4 is 34.9 Å². The molecule has 0 aliphatic carbocycles. The van der Waals surface area contributed by atoms with Crippen molar-refractivity contribution < 1.29 is 0 Å². The lowest BCUT2D eigenvalue weighted by Gasteiger charge is -2.21. The summed E-state index contributed by atoms with van der Waals surface area (Å²) in [6, 6.07) is 0. The number of nitrogens with zero attached hydrogens (tertiary/aromatic N) is 1. The van der Waals surface area contributed by atoms with Crippen LogP contribution in [0.1, 0.15) is 10.6 Å². The lowest BCUT2D eigenvalue weighted by atomic mass is 10.3. The third kappa shape index (κ3) is 3.95. The largest absolute Gasteiger partial charge is 0.315 e. The fourth-order valence-electron chi connectivity index (χ4n) is 1.69. The fraction of sp³-hybridized carbons (Fsp3) is 0.727. The maximum atomic E-state index is 4.27. The minimum Gasteiger partial charge on any atom is -0.315 e. The van der Waals surface area contributed by atoms with Gasteiger partial charge in [-0.25, -0.2) is 4.98 Å². The minimum atomic E-state index is 0.821. The Labute approximate surface area is 110 Å². The summed E-state index contributed by atoms with van der Waals surface area (Å²) in [7, 11) is 0. The van der Waals surface area contributed by atoms with Crippen LogP contribution in [0.2, 0.25) is 0 Å². The van der Waals surface area contributed by atoms with E-state index in [1.54, 1.807) is 11.3 Å². The highest BCUT2D eigenvalue weighted by Gasteiger charge is 2.13. The van der Waals surface area contributed by atoms with Crippen LogP contribution in [0.15, 0.2) is 5.51 Å². The fourth-order valence-corrected chi connectivity index (χ4v) is 5.11. The van der Waals surface area contributed by atoms with Crippen molar-refractivity contribution in [3.05, 3.63) is 16.1 Å². The summed E-state index contributed by atoms with van der Waals surface area (Å²) in [6.45, 7) is 4.35. The lowest BCUT2D eigenvalue weighted by Crippen LogP contribution is -2.30. The second-order valence-electron chi connectivity index (χ2n) is 3.88. The van der Waals surface area contributed by atoms with Crippen LogP contribution in [0, 0.1) is 6.92 Å². The number of hydrogen-bond acceptors (Lipinski definition) is 5. The average Bonchev–Trinajstić information content (AvgIpc) is 2.72. The highest BCUT2D eigenvalue weighted by molar-refractivity contribution is 8.06. The Hall–Kier alpha value is 0.290. The molecule has 0 radical (unpaired) electrons. The highest BCUT2D eigenvalue weighted by atomic mass is 32.2. The van der Waals surface area contributed by atoms with Crippen molar-refractivity contribution in [2.75, 3.05) is 30.3 Å². The minimum absolute atomic E-state index is 0.821. The zero-order valence-electron chi connectivity index (χ0n) is 9.57. The molecule has 1 aromatic heterocycles. The standard InChI is InChI=1S/C11H18N2S3/c1-9-11(16-8-13-9)2-3-12-6-10-7-14-4-5-15-10/h8,10,12H,2-7H2,1H3. The van der Waals surface area contributed by atoms with Crippen LogP contribution >= 0.6 is 34.9 Å². The van der Waals surface area contributed by atoms with Gasteiger partial charge in [-0.05, 0) is 13.3 Å². The zero-order chi connectivity index (χ0) is 11.2. The van der Waals surface area contributed by atoms with Crippen molar-refractivity contribution in [1.82, 2.24) is 10.3 Å². The quantitative estimate of drug-likeness (QED) is 0.834. The molecule has 1 aliphatic rings. The molecule has 2 heterocycles. The van der Waals surface area contributed by atoms with Gasteiger partial charge in [0.1, 0.15) is 0 Å². The number of rotatable bonds is 5. The summed E-state index contributed by atoms with van der Waals surface area (Å²) in [4.78, 5) is 5.70. The lowest BCUT2D eigenvalue weighted by molar-refractivity contribution is 0.683. The van der Waals surface area contributed by atoms with Gasteiger partial charge in [0.25, 0.3) is 0 Å². The molecule has 1 aromatic rings. The van der Waals surface area contributed by atoms with E-state index in [-0.39, 0.29) is 0 Å². The van der Waals surface area contributed by atoms with E-state index in [0.717, 1.165) is 24.8 Å². The van der Waals surface area contributed by atoms with Crippen molar-refractivity contribution in [2.45, 2.75) is 18.6 Å². The summed E-state index contributed by atoms with van der Waals surface area (Å²) in [6.07, 6.45) is 1.13. The molecule has 0 amide bonds. The summed E-state index contributed by atoms with van der Waals surface area (Å²) in [5.41, 5.74) is 3.15. The Balaban J connectivity index is 1.59. The monoisotopic (exact) mass is 274 g/mol. The van der Waals surface area contributed by atoms with E-state index in [4.69, 9.17) is 0 Å². The molecule has 0 spiro atoms. The Morgan fingerprint density at radius 3 is 3.12 bits per heavy atom. The van der Waals surface area contributed by atoms with E-state index < -0.39 is 0 Å². The van der Waals surface area contributed by atoms with Gasteiger partial charge >= 0.3 is 0 Å². The van der Waals surface area contributed by atoms with Crippen LogP contribution in [-0.4, -0.2) is 40.6 Å². The second-order valence-corrected chi connectivity index (χ2v) is 7.38. The molecule has 1 unspecified atom stereocenters. The van der Waals surface area contributed by atoms with Gasteiger partial charge in [0.15, 0.2) is 0 Å². The molecule has 0 bridgehead atoms. The van der Waals surface area contributed by atoms with E-state index in [9.17, 15) is 0 Å². The van der Waals surface area contributed by atoms with Crippen LogP contribution < -0.4 is 5.32 Å². The van der Waals surface area contributed by atoms with Gasteiger partial charge in [0.2, 0.25) is 0 Å². The summed E-state index contributed by atoms with van der Waals surface area (Å²) in [5, 5.41) is 4.39. The first-order valence-corrected chi connectivity index (χ1v) is 8.73. The van der Waals surface area contributed by atoms with Gasteiger partial charge in [-0.2, -0.15) is 23.5 Å². The molecule has 0 saturated carbocycles. The SMILES string of the molecule is Cc1ncsc1CCNCC1CSCCS1. The predicted molar refractivity (Wildman–Crippen MR) is 77.0 cm³/mol. The molecule has 1 fully saturated rings. The Kier molecular flexibility index (Phi) is 5.48. The first-order valence-electron chi connectivity index (χ1n) is 5.65. The predicted octanol–water partition coefficient (Wildman–Crippen LogP) is 2.43. The maximum absolute atomic E-state index is 4.27. The molecule has 1 aliphatic heterocycles. The molecule has 5 heteroatoms. The summed E-state index contributed by atoms with van der Waals surface area (Å²) < 4.78 is 0. The maximum Gasteiger partial charge on any atom is 0.0797 e. The highest BCUT2D eigenvalue weighted by Crippen LogP contribution is 2.23. The first-order chi connectivity index (χ1) is 7.86. The number of nitrogens with one attached hydrogen (secondary N) is 1. The molecular weight excluding hydrogens is 256 g/mol. The van der Waals surface area contributed by atoms with Crippen LogP contribution in [-0.2, 0) is 6.42 Å². The number of hydrogen-bond donors (Lipinski definition) is 1. The normalized spacial score (nSPS) is 21.2. The van der Waals surface area contributed by atoms with E-state index in [1.807, 2.05) is 5.51 Å². The first kappa shape index (κ1) is 12.7. The molecule has 0 aromatic carbocycles. The number of aryl methyl sites for hydroxylation is 1. The van der Waals surface area contributed by atoms with Crippen LogP contribution in [0.4, 0.5) is 0 Å². The smallest absolute Gasteiger partial charge is 0.0797 e. The Morgan fingerprint density at radius 2 is 2.44 bits per heavy atom. The topological polar surface area (TPSA) is 24.9 Å². The van der Waals surface area contributed by atoms with E-state index >= 15 is 0 Å². The van der Waals surface area contributed by atoms with Gasteiger partial charge in [0.05, 0.1) is 11.2 Å². The average molecular weight is 274 g/mol. The van der Waals surface area contributed by atoms with Gasteiger partial charge in [-0.1, -0.05) is 0 Å². The second kappa shape index (κ2) is 6.89. The van der Waals surface area contributed by atoms with E-state index in [0.29, 0.717) is 0 Å². The summed E-state index contributed by atoms with van der Waals surface area (Å²) in [5.74, 6) is 3.98. The van der Waals surface area contributed by atoms with Gasteiger partial charge < -0.3 is 5.32 Å². The molecule has 90 valence electrons. The third-order valence-electron chi connectivity index (χ3n) is 2.63. The van der Waals surface area contributed by atoms with Crippen LogP contribution in [0.3, 0.4) is 0 Å². The van der Waals surface area contributed by atoms with Crippen molar-refractivity contribution in [2.24, 2.45) is 0 Å². The van der Waals surface area contributed by atoms with Crippen LogP contribution in [0.5, 0.6) is 0 Å². The third-order valence-corrected chi connectivity index (χ3v) is 6.47. The molecule has 1 N–H and O–H groups in total. The van der Waals surface area contributed by atoms with Crippen molar-refractivity contribution in [1.29, 1.82) is 0 Å². The van der Waals surface area contributed by atoms with Crippen LogP contribution in [0.25, 0.3) is 0 Å². The molecule has 1 atom stereocenters. The number of thiazole rings is 1. The summed E-state index contributed by atoms with van der Waals surface area (Å²) >= 11 is 5.99. The van der Waals surface area contributed by atoms with E-state index in [2.05, 4.69) is 40.7 Å². The zero-order valence-corrected chi connectivity index (χ0v) is 12.0. The molecule has 2 nitrogen and oxygen atoms in total. The van der Waals surface area contributed by atoms with Crippen molar-refractivity contribution in [3.8, 4) is 0 Å². The van der Waals surface area contributed by atoms with Gasteiger partial charge in [0, 0.05) is 40.5 Å². The van der Waals surface area contributed by atoms with Gasteiger partial charge in [-0.15, -0.1) is 11.3 Å². The molecule has 16 heavy (non-hydrogen) atoms. The number of thioether (sulfide) groups is 2. The number of aromatic nitrogens is 1. The molecule has 1 saturated heterocycles. The Bertz CT molecular complexity index is 308. The molecule has 2 rings (SSSR count). The van der Waals surface area contributed by atoms with Crippen molar-refractivity contribution in [3.63, 3.8) is 0 Å².